The monoisotopic (exact) mass is 368 g/mol. The van der Waals surface area contributed by atoms with Gasteiger partial charge >= 0.3 is 0 Å². The molecule has 1 aromatic heterocycles. The number of rotatable bonds is 3. The molecule has 0 aliphatic heterocycles. The number of anilines is 1. The largest absolute Gasteiger partial charge is 0.360 e. The molecule has 2 aromatic rings. The molecule has 8 heteroatoms. The Hall–Kier alpha value is -1.72. The van der Waals surface area contributed by atoms with Crippen molar-refractivity contribution in [2.45, 2.75) is 0 Å². The van der Waals surface area contributed by atoms with Gasteiger partial charge in [-0.1, -0.05) is 31.9 Å². The number of allylic oxidation sites excluding steroid dienone is 1. The van der Waals surface area contributed by atoms with Crippen molar-refractivity contribution in [3.05, 3.63) is 39.2 Å². The topological polar surface area (TPSA) is 90.3 Å². The van der Waals surface area contributed by atoms with Crippen LogP contribution in [-0.4, -0.2) is 20.6 Å². The van der Waals surface area contributed by atoms with Gasteiger partial charge in [-0.25, -0.2) is 0 Å². The van der Waals surface area contributed by atoms with Crippen LogP contribution in [-0.2, 0) is 0 Å². The highest BCUT2D eigenvalue weighted by molar-refractivity contribution is 9.11. The minimum Gasteiger partial charge on any atom is -0.360 e. The molecule has 90 valence electrons. The maximum atomic E-state index is 8.99. The number of nitriles is 1. The standard InChI is InChI=1S/C10H6Br2N6/c11-7-1-8(12)3-9(2-7)14-5-6(4-13)10-15-17-18-16-10/h1-3,5,14H,(H,15,16,17,18). The predicted octanol–water partition coefficient (Wildman–Crippen LogP) is 2.70. The fourth-order valence-corrected chi connectivity index (χ4v) is 2.51. The molecular weight excluding hydrogens is 364 g/mol. The van der Waals surface area contributed by atoms with Crippen molar-refractivity contribution in [2.24, 2.45) is 0 Å². The van der Waals surface area contributed by atoms with Crippen LogP contribution in [0.2, 0.25) is 0 Å². The van der Waals surface area contributed by atoms with Gasteiger partial charge in [-0.05, 0) is 23.4 Å². The maximum absolute atomic E-state index is 8.99. The molecule has 0 spiro atoms. The summed E-state index contributed by atoms with van der Waals surface area (Å²) in [5.41, 5.74) is 1.12. The number of hydrogen-bond acceptors (Lipinski definition) is 5. The fourth-order valence-electron chi connectivity index (χ4n) is 1.22. The lowest BCUT2D eigenvalue weighted by Gasteiger charge is -2.03. The van der Waals surface area contributed by atoms with Gasteiger partial charge in [0.25, 0.3) is 0 Å². The van der Waals surface area contributed by atoms with Crippen LogP contribution in [0.25, 0.3) is 5.57 Å². The fraction of sp³-hybridized carbons (Fsp3) is 0. The Balaban J connectivity index is 2.21. The number of nitrogens with one attached hydrogen (secondary N) is 2. The number of H-pyrrole nitrogens is 1. The third kappa shape index (κ3) is 3.15. The summed E-state index contributed by atoms with van der Waals surface area (Å²) in [6, 6.07) is 7.67. The van der Waals surface area contributed by atoms with Crippen molar-refractivity contribution in [1.29, 1.82) is 5.26 Å². The van der Waals surface area contributed by atoms with Crippen LogP contribution in [0.4, 0.5) is 5.69 Å². The van der Waals surface area contributed by atoms with Crippen LogP contribution >= 0.6 is 31.9 Å². The molecule has 0 fully saturated rings. The second-order valence-electron chi connectivity index (χ2n) is 3.21. The first kappa shape index (κ1) is 12.7. The molecule has 0 bridgehead atoms. The van der Waals surface area contributed by atoms with Gasteiger partial charge in [0.1, 0.15) is 11.6 Å². The summed E-state index contributed by atoms with van der Waals surface area (Å²) in [6.45, 7) is 0. The number of aromatic amines is 1. The highest BCUT2D eigenvalue weighted by atomic mass is 79.9. The highest BCUT2D eigenvalue weighted by Crippen LogP contribution is 2.23. The normalized spacial score (nSPS) is 11.1. The molecule has 0 atom stereocenters. The number of tetrazole rings is 1. The SMILES string of the molecule is N#CC(=CNc1cc(Br)cc(Br)c1)c1nn[nH]n1. The van der Waals surface area contributed by atoms with Gasteiger partial charge < -0.3 is 5.32 Å². The highest BCUT2D eigenvalue weighted by Gasteiger charge is 2.05. The summed E-state index contributed by atoms with van der Waals surface area (Å²) in [6.07, 6.45) is 1.53. The van der Waals surface area contributed by atoms with E-state index in [0.717, 1.165) is 14.6 Å². The Morgan fingerprint density at radius 1 is 1.33 bits per heavy atom. The zero-order valence-electron chi connectivity index (χ0n) is 8.85. The number of aromatic nitrogens is 4. The van der Waals surface area contributed by atoms with Crippen molar-refractivity contribution in [2.75, 3.05) is 5.32 Å². The molecule has 0 radical (unpaired) electrons. The second kappa shape index (κ2) is 5.75. The van der Waals surface area contributed by atoms with E-state index in [0.29, 0.717) is 5.57 Å². The number of benzene rings is 1. The van der Waals surface area contributed by atoms with E-state index in [1.807, 2.05) is 24.3 Å². The zero-order chi connectivity index (χ0) is 13.0. The summed E-state index contributed by atoms with van der Waals surface area (Å²) < 4.78 is 1.84. The van der Waals surface area contributed by atoms with E-state index in [-0.39, 0.29) is 5.82 Å². The lowest BCUT2D eigenvalue weighted by Crippen LogP contribution is -1.93. The quantitative estimate of drug-likeness (QED) is 0.811. The van der Waals surface area contributed by atoms with Gasteiger partial charge in [0.05, 0.1) is 0 Å². The molecule has 0 amide bonds. The van der Waals surface area contributed by atoms with Crippen LogP contribution in [0.5, 0.6) is 0 Å². The van der Waals surface area contributed by atoms with E-state index in [9.17, 15) is 0 Å². The first-order chi connectivity index (χ1) is 8.69. The van der Waals surface area contributed by atoms with E-state index in [4.69, 9.17) is 5.26 Å². The van der Waals surface area contributed by atoms with E-state index < -0.39 is 0 Å². The minimum atomic E-state index is 0.249. The van der Waals surface area contributed by atoms with E-state index in [1.165, 1.54) is 6.20 Å². The Morgan fingerprint density at radius 3 is 2.61 bits per heavy atom. The number of hydrogen-bond donors (Lipinski definition) is 2. The van der Waals surface area contributed by atoms with Crippen LogP contribution in [0, 0.1) is 11.3 Å². The Morgan fingerprint density at radius 2 is 2.06 bits per heavy atom. The first-order valence-electron chi connectivity index (χ1n) is 4.76. The molecule has 6 nitrogen and oxygen atoms in total. The first-order valence-corrected chi connectivity index (χ1v) is 6.34. The smallest absolute Gasteiger partial charge is 0.216 e. The van der Waals surface area contributed by atoms with Crippen LogP contribution in [0.1, 0.15) is 5.82 Å². The van der Waals surface area contributed by atoms with Gasteiger partial charge in [0, 0.05) is 20.8 Å². The minimum absolute atomic E-state index is 0.249. The van der Waals surface area contributed by atoms with Gasteiger partial charge in [-0.15, -0.1) is 10.2 Å². The average molecular weight is 370 g/mol. The summed E-state index contributed by atoms with van der Waals surface area (Å²) in [5.74, 6) is 0.249. The molecule has 1 heterocycles. The summed E-state index contributed by atoms with van der Waals surface area (Å²) >= 11 is 6.76. The third-order valence-corrected chi connectivity index (χ3v) is 2.87. The van der Waals surface area contributed by atoms with Crippen LogP contribution in [0.15, 0.2) is 33.3 Å². The number of nitrogens with zero attached hydrogens (tertiary/aromatic N) is 4. The third-order valence-electron chi connectivity index (χ3n) is 1.95. The molecule has 0 aliphatic carbocycles. The van der Waals surface area contributed by atoms with Crippen LogP contribution in [0.3, 0.4) is 0 Å². The molecule has 2 rings (SSSR count). The van der Waals surface area contributed by atoms with Crippen molar-refractivity contribution >= 4 is 43.1 Å². The Bertz CT molecular complexity index is 594. The Kier molecular flexibility index (Phi) is 4.07. The zero-order valence-corrected chi connectivity index (χ0v) is 12.0. The molecular formula is C10H6Br2N6. The van der Waals surface area contributed by atoms with Crippen molar-refractivity contribution < 1.29 is 0 Å². The molecule has 0 saturated heterocycles. The van der Waals surface area contributed by atoms with E-state index in [1.54, 1.807) is 0 Å². The van der Waals surface area contributed by atoms with E-state index in [2.05, 4.69) is 57.8 Å². The molecule has 0 aliphatic rings. The predicted molar refractivity (Wildman–Crippen MR) is 73.2 cm³/mol. The van der Waals surface area contributed by atoms with Gasteiger partial charge in [-0.2, -0.15) is 10.5 Å². The molecule has 1 aromatic carbocycles. The summed E-state index contributed by atoms with van der Waals surface area (Å²) in [7, 11) is 0. The lowest BCUT2D eigenvalue weighted by molar-refractivity contribution is 0.881. The summed E-state index contributed by atoms with van der Waals surface area (Å²) in [4.78, 5) is 0. The van der Waals surface area contributed by atoms with Crippen molar-refractivity contribution in [1.82, 2.24) is 20.6 Å². The van der Waals surface area contributed by atoms with Crippen LogP contribution < -0.4 is 5.32 Å². The average Bonchev–Trinajstić information content (AvgIpc) is 2.82. The van der Waals surface area contributed by atoms with E-state index >= 15 is 0 Å². The second-order valence-corrected chi connectivity index (χ2v) is 5.04. The van der Waals surface area contributed by atoms with Crippen molar-refractivity contribution in [3.63, 3.8) is 0 Å². The van der Waals surface area contributed by atoms with Gasteiger partial charge in [0.2, 0.25) is 5.82 Å². The summed E-state index contributed by atoms with van der Waals surface area (Å²) in [5, 5.41) is 25.2. The lowest BCUT2D eigenvalue weighted by atomic mass is 10.3. The van der Waals surface area contributed by atoms with Gasteiger partial charge in [0.15, 0.2) is 0 Å². The molecule has 0 saturated carbocycles. The number of halogens is 2. The Labute approximate surface area is 119 Å². The van der Waals surface area contributed by atoms with Gasteiger partial charge in [-0.3, -0.25) is 0 Å². The molecule has 2 N–H and O–H groups in total. The maximum Gasteiger partial charge on any atom is 0.216 e. The molecule has 18 heavy (non-hydrogen) atoms. The van der Waals surface area contributed by atoms with Crippen molar-refractivity contribution in [3.8, 4) is 6.07 Å². The molecule has 0 unspecified atom stereocenters.